The van der Waals surface area contributed by atoms with Gasteiger partial charge in [-0.25, -0.2) is 0 Å². The van der Waals surface area contributed by atoms with Crippen LogP contribution in [0.2, 0.25) is 0 Å². The Kier molecular flexibility index (Phi) is 17.9. The zero-order valence-electron chi connectivity index (χ0n) is 19.9. The van der Waals surface area contributed by atoms with Crippen LogP contribution in [0.25, 0.3) is 0 Å². The lowest BCUT2D eigenvalue weighted by Crippen LogP contribution is -2.06. The molecule has 0 unspecified atom stereocenters. The van der Waals surface area contributed by atoms with Crippen molar-refractivity contribution >= 4 is 5.97 Å². The van der Waals surface area contributed by atoms with E-state index in [-0.39, 0.29) is 12.8 Å². The second-order valence-corrected chi connectivity index (χ2v) is 8.08. The van der Waals surface area contributed by atoms with E-state index in [4.69, 9.17) is 14.2 Å². The van der Waals surface area contributed by atoms with Crippen molar-refractivity contribution in [2.45, 2.75) is 97.5 Å². The van der Waals surface area contributed by atoms with E-state index in [2.05, 4.69) is 13.0 Å². The minimum Gasteiger partial charge on any atom is -0.466 e. The van der Waals surface area contributed by atoms with Crippen molar-refractivity contribution in [1.29, 1.82) is 0 Å². The molecule has 0 saturated heterocycles. The summed E-state index contributed by atoms with van der Waals surface area (Å²) in [5.41, 5.74) is 2.40. The van der Waals surface area contributed by atoms with Crippen LogP contribution in [0.15, 0.2) is 42.0 Å². The lowest BCUT2D eigenvalue weighted by Gasteiger charge is -2.10. The molecular weight excluding hydrogens is 388 g/mol. The molecule has 31 heavy (non-hydrogen) atoms. The van der Waals surface area contributed by atoms with Gasteiger partial charge in [0.05, 0.1) is 19.8 Å². The Morgan fingerprint density at radius 2 is 1.55 bits per heavy atom. The molecule has 0 saturated carbocycles. The van der Waals surface area contributed by atoms with E-state index in [0.717, 1.165) is 24.8 Å². The first kappa shape index (κ1) is 27.4. The maximum absolute atomic E-state index is 11.6. The van der Waals surface area contributed by atoms with E-state index < -0.39 is 0 Å². The van der Waals surface area contributed by atoms with E-state index in [1.807, 2.05) is 37.3 Å². The minimum atomic E-state index is -0.114. The van der Waals surface area contributed by atoms with Crippen LogP contribution in [0.1, 0.15) is 96.5 Å². The lowest BCUT2D eigenvalue weighted by atomic mass is 10.0. The van der Waals surface area contributed by atoms with Crippen molar-refractivity contribution in [2.24, 2.45) is 0 Å². The molecule has 1 aromatic rings. The first-order valence-electron chi connectivity index (χ1n) is 12.3. The van der Waals surface area contributed by atoms with Crippen molar-refractivity contribution in [3.8, 4) is 0 Å². The van der Waals surface area contributed by atoms with Gasteiger partial charge in [0.25, 0.3) is 0 Å². The van der Waals surface area contributed by atoms with Crippen molar-refractivity contribution in [3.63, 3.8) is 0 Å². The maximum atomic E-state index is 11.6. The third kappa shape index (κ3) is 16.7. The van der Waals surface area contributed by atoms with Gasteiger partial charge in [-0.15, -0.1) is 0 Å². The fourth-order valence-electron chi connectivity index (χ4n) is 3.48. The second kappa shape index (κ2) is 20.3. The maximum Gasteiger partial charge on any atom is 0.305 e. The van der Waals surface area contributed by atoms with Gasteiger partial charge >= 0.3 is 5.97 Å². The Morgan fingerprint density at radius 1 is 0.839 bits per heavy atom. The standard InChI is InChI=1S/C27H44O4/c1-3-5-6-7-8-9-10-11-13-17-26(20-16-21-27(28)31-4-2)23-30-24-29-22-25-18-14-12-15-19-25/h12,14-15,17-19H,3-11,13,16,20-24H2,1-2H3/b26-17+. The highest BCUT2D eigenvalue weighted by atomic mass is 16.7. The van der Waals surface area contributed by atoms with Crippen LogP contribution in [0.3, 0.4) is 0 Å². The van der Waals surface area contributed by atoms with Crippen molar-refractivity contribution in [1.82, 2.24) is 0 Å². The van der Waals surface area contributed by atoms with Crippen LogP contribution in [0.4, 0.5) is 0 Å². The molecule has 0 atom stereocenters. The number of allylic oxidation sites excluding steroid dienone is 1. The van der Waals surface area contributed by atoms with E-state index in [9.17, 15) is 4.79 Å². The summed E-state index contributed by atoms with van der Waals surface area (Å²) >= 11 is 0. The minimum absolute atomic E-state index is 0.114. The molecule has 1 aromatic carbocycles. The predicted octanol–water partition coefficient (Wildman–Crippen LogP) is 7.37. The van der Waals surface area contributed by atoms with Gasteiger partial charge in [0.1, 0.15) is 6.79 Å². The van der Waals surface area contributed by atoms with E-state index in [1.54, 1.807) is 0 Å². The molecule has 0 amide bonds. The number of ether oxygens (including phenoxy) is 3. The van der Waals surface area contributed by atoms with Gasteiger partial charge in [0.2, 0.25) is 0 Å². The summed E-state index contributed by atoms with van der Waals surface area (Å²) in [6, 6.07) is 10.1. The highest BCUT2D eigenvalue weighted by Crippen LogP contribution is 2.14. The number of rotatable bonds is 20. The van der Waals surface area contributed by atoms with Gasteiger partial charge in [-0.05, 0) is 43.7 Å². The smallest absolute Gasteiger partial charge is 0.305 e. The first-order chi connectivity index (χ1) is 15.3. The van der Waals surface area contributed by atoms with Gasteiger partial charge in [0, 0.05) is 6.42 Å². The first-order valence-corrected chi connectivity index (χ1v) is 12.3. The third-order valence-corrected chi connectivity index (χ3v) is 5.24. The lowest BCUT2D eigenvalue weighted by molar-refractivity contribution is -0.143. The predicted molar refractivity (Wildman–Crippen MR) is 128 cm³/mol. The molecule has 4 heteroatoms. The number of carbonyl (C=O) groups excluding carboxylic acids is 1. The quantitative estimate of drug-likeness (QED) is 0.0934. The third-order valence-electron chi connectivity index (χ3n) is 5.24. The Bertz CT molecular complexity index is 568. The molecule has 0 radical (unpaired) electrons. The number of hydrogen-bond acceptors (Lipinski definition) is 4. The van der Waals surface area contributed by atoms with Gasteiger partial charge in [-0.2, -0.15) is 0 Å². The number of esters is 1. The topological polar surface area (TPSA) is 44.8 Å². The van der Waals surface area contributed by atoms with Crippen LogP contribution in [-0.2, 0) is 25.6 Å². The normalized spacial score (nSPS) is 11.6. The molecule has 1 rings (SSSR count). The molecule has 0 aliphatic carbocycles. The number of unbranched alkanes of at least 4 members (excludes halogenated alkanes) is 8. The van der Waals surface area contributed by atoms with Crippen LogP contribution in [-0.4, -0.2) is 26.0 Å². The summed E-state index contributed by atoms with van der Waals surface area (Å²) in [7, 11) is 0. The molecule has 0 aliphatic heterocycles. The van der Waals surface area contributed by atoms with E-state index >= 15 is 0 Å². The molecule has 0 bridgehead atoms. The number of benzene rings is 1. The van der Waals surface area contributed by atoms with Crippen LogP contribution < -0.4 is 0 Å². The molecular formula is C27H44O4. The molecule has 0 fully saturated rings. The monoisotopic (exact) mass is 432 g/mol. The van der Waals surface area contributed by atoms with Crippen molar-refractivity contribution in [2.75, 3.05) is 20.0 Å². The fraction of sp³-hybridized carbons (Fsp3) is 0.667. The Morgan fingerprint density at radius 3 is 2.26 bits per heavy atom. The van der Waals surface area contributed by atoms with Gasteiger partial charge in [-0.3, -0.25) is 4.79 Å². The van der Waals surface area contributed by atoms with Gasteiger partial charge in [-0.1, -0.05) is 88.3 Å². The van der Waals surface area contributed by atoms with Crippen LogP contribution >= 0.6 is 0 Å². The Labute approximate surface area is 190 Å². The summed E-state index contributed by atoms with van der Waals surface area (Å²) < 4.78 is 16.4. The van der Waals surface area contributed by atoms with Crippen LogP contribution in [0, 0.1) is 0 Å². The molecule has 0 aliphatic rings. The zero-order valence-corrected chi connectivity index (χ0v) is 19.9. The van der Waals surface area contributed by atoms with E-state index in [0.29, 0.717) is 26.2 Å². The Hall–Kier alpha value is -1.65. The Balaban J connectivity index is 2.25. The highest BCUT2D eigenvalue weighted by molar-refractivity contribution is 5.69. The zero-order chi connectivity index (χ0) is 22.4. The summed E-state index contributed by atoms with van der Waals surface area (Å²) in [6.07, 6.45) is 16.2. The molecule has 0 spiro atoms. The molecule has 176 valence electrons. The molecule has 4 nitrogen and oxygen atoms in total. The number of hydrogen-bond donors (Lipinski definition) is 0. The summed E-state index contributed by atoms with van der Waals surface area (Å²) in [5, 5.41) is 0. The summed E-state index contributed by atoms with van der Waals surface area (Å²) in [6.45, 7) is 5.95. The van der Waals surface area contributed by atoms with Crippen LogP contribution in [0.5, 0.6) is 0 Å². The molecule has 0 heterocycles. The van der Waals surface area contributed by atoms with Crippen molar-refractivity contribution < 1.29 is 19.0 Å². The average Bonchev–Trinajstić information content (AvgIpc) is 2.78. The van der Waals surface area contributed by atoms with Crippen molar-refractivity contribution in [3.05, 3.63) is 47.5 Å². The largest absolute Gasteiger partial charge is 0.466 e. The number of carbonyl (C=O) groups is 1. The average molecular weight is 433 g/mol. The SMILES string of the molecule is CCCCCCCCCC/C=C(\CCCC(=O)OCC)COCOCc1ccccc1. The fourth-order valence-corrected chi connectivity index (χ4v) is 3.48. The second-order valence-electron chi connectivity index (χ2n) is 8.08. The summed E-state index contributed by atoms with van der Waals surface area (Å²) in [5.74, 6) is -0.114. The highest BCUT2D eigenvalue weighted by Gasteiger charge is 2.04. The molecule has 0 N–H and O–H groups in total. The summed E-state index contributed by atoms with van der Waals surface area (Å²) in [4.78, 5) is 11.6. The van der Waals surface area contributed by atoms with Gasteiger partial charge in [0.15, 0.2) is 0 Å². The molecule has 0 aromatic heterocycles. The van der Waals surface area contributed by atoms with Gasteiger partial charge < -0.3 is 14.2 Å². The van der Waals surface area contributed by atoms with E-state index in [1.165, 1.54) is 56.9 Å².